The molecule has 0 aliphatic carbocycles. The van der Waals surface area contributed by atoms with E-state index >= 15 is 0 Å². The van der Waals surface area contributed by atoms with Crippen LogP contribution in [0, 0.1) is 0 Å². The van der Waals surface area contributed by atoms with Gasteiger partial charge in [-0.05, 0) is 12.1 Å². The third kappa shape index (κ3) is 1.89. The summed E-state index contributed by atoms with van der Waals surface area (Å²) in [5, 5.41) is 8.32. The van der Waals surface area contributed by atoms with Gasteiger partial charge in [-0.15, -0.1) is 0 Å². The Morgan fingerprint density at radius 3 is 3.07 bits per heavy atom. The molecule has 0 saturated carbocycles. The summed E-state index contributed by atoms with van der Waals surface area (Å²) in [6.07, 6.45) is 0. The lowest BCUT2D eigenvalue weighted by Gasteiger charge is -2.05. The molecule has 0 unspecified atom stereocenters. The molecule has 76 valence electrons. The number of ether oxygens (including phenoxy) is 3. The molecular weight excluding hydrogens is 186 g/mol. The highest BCUT2D eigenvalue weighted by Crippen LogP contribution is 2.34. The van der Waals surface area contributed by atoms with Gasteiger partial charge in [-0.1, -0.05) is 0 Å². The Hall–Kier alpha value is -1.46. The van der Waals surface area contributed by atoms with Crippen LogP contribution >= 0.6 is 0 Å². The molecule has 5 heteroatoms. The number of hydroxylamine groups is 1. The van der Waals surface area contributed by atoms with E-state index in [2.05, 4.69) is 0 Å². The largest absolute Gasteiger partial charge is 0.492 e. The highest BCUT2D eigenvalue weighted by atomic mass is 16.7. The molecule has 0 bridgehead atoms. The van der Waals surface area contributed by atoms with Crippen molar-refractivity contribution in [2.24, 2.45) is 0 Å². The van der Waals surface area contributed by atoms with Gasteiger partial charge in [0.1, 0.15) is 12.4 Å². The number of hydrogen-bond acceptors (Lipinski definition) is 5. The topological polar surface area (TPSA) is 60.0 Å². The van der Waals surface area contributed by atoms with Crippen LogP contribution in [0.3, 0.4) is 0 Å². The second-order valence-corrected chi connectivity index (χ2v) is 2.77. The highest BCUT2D eigenvalue weighted by molar-refractivity contribution is 5.46. The van der Waals surface area contributed by atoms with Gasteiger partial charge in [0.2, 0.25) is 6.79 Å². The van der Waals surface area contributed by atoms with Crippen molar-refractivity contribution in [2.75, 3.05) is 19.9 Å². The third-order valence-electron chi connectivity index (χ3n) is 1.83. The summed E-state index contributed by atoms with van der Waals surface area (Å²) in [7, 11) is 0. The van der Waals surface area contributed by atoms with Gasteiger partial charge >= 0.3 is 0 Å². The lowest BCUT2D eigenvalue weighted by molar-refractivity contribution is 0.145. The fourth-order valence-electron chi connectivity index (χ4n) is 1.18. The lowest BCUT2D eigenvalue weighted by atomic mass is 10.3. The van der Waals surface area contributed by atoms with E-state index in [-0.39, 0.29) is 6.79 Å². The Labute approximate surface area is 81.2 Å². The molecular formula is C9H11NO4. The normalized spacial score (nSPS) is 12.9. The first-order valence-electron chi connectivity index (χ1n) is 4.29. The fraction of sp³-hybridized carbons (Fsp3) is 0.333. The van der Waals surface area contributed by atoms with E-state index < -0.39 is 0 Å². The predicted octanol–water partition coefficient (Wildman–Crippen LogP) is 0.773. The van der Waals surface area contributed by atoms with Crippen LogP contribution < -0.4 is 19.7 Å². The summed E-state index contributed by atoms with van der Waals surface area (Å²) in [6, 6.07) is 5.36. The standard InChI is InChI=1S/C9H11NO4/c11-10-3-4-12-7-1-2-8-9(5-7)14-6-13-8/h1-2,5,10-11H,3-4,6H2. The second kappa shape index (κ2) is 4.17. The van der Waals surface area contributed by atoms with Gasteiger partial charge in [0.05, 0.1) is 6.54 Å². The second-order valence-electron chi connectivity index (χ2n) is 2.77. The fourth-order valence-corrected chi connectivity index (χ4v) is 1.18. The van der Waals surface area contributed by atoms with Crippen LogP contribution in [0.5, 0.6) is 17.2 Å². The zero-order chi connectivity index (χ0) is 9.80. The maximum atomic E-state index is 8.32. The average molecular weight is 197 g/mol. The first-order chi connectivity index (χ1) is 6.90. The van der Waals surface area contributed by atoms with Gasteiger partial charge in [-0.2, -0.15) is 0 Å². The zero-order valence-corrected chi connectivity index (χ0v) is 7.53. The molecule has 1 heterocycles. The lowest BCUT2D eigenvalue weighted by Crippen LogP contribution is -2.16. The molecule has 1 aliphatic heterocycles. The van der Waals surface area contributed by atoms with Crippen LogP contribution in [-0.4, -0.2) is 25.2 Å². The van der Waals surface area contributed by atoms with Crippen LogP contribution in [0.1, 0.15) is 0 Å². The van der Waals surface area contributed by atoms with Crippen LogP contribution in [0.4, 0.5) is 0 Å². The molecule has 0 atom stereocenters. The molecule has 0 saturated heterocycles. The molecule has 1 aliphatic rings. The first-order valence-corrected chi connectivity index (χ1v) is 4.29. The molecule has 14 heavy (non-hydrogen) atoms. The summed E-state index contributed by atoms with van der Waals surface area (Å²) in [5.74, 6) is 2.13. The molecule has 1 aromatic rings. The summed E-state index contributed by atoms with van der Waals surface area (Å²) in [6.45, 7) is 1.04. The molecule has 5 nitrogen and oxygen atoms in total. The minimum Gasteiger partial charge on any atom is -0.492 e. The van der Waals surface area contributed by atoms with E-state index in [0.717, 1.165) is 5.75 Å². The number of hydrogen-bond donors (Lipinski definition) is 2. The maximum absolute atomic E-state index is 8.32. The van der Waals surface area contributed by atoms with Gasteiger partial charge in [0, 0.05) is 6.07 Å². The summed E-state index contributed by atoms with van der Waals surface area (Å²) >= 11 is 0. The molecule has 0 fully saturated rings. The molecule has 0 radical (unpaired) electrons. The van der Waals surface area contributed by atoms with E-state index in [1.165, 1.54) is 0 Å². The number of benzene rings is 1. The Bertz CT molecular complexity index is 316. The van der Waals surface area contributed by atoms with Gasteiger partial charge in [-0.25, -0.2) is 5.48 Å². The van der Waals surface area contributed by atoms with E-state index in [1.807, 2.05) is 5.48 Å². The van der Waals surface area contributed by atoms with Crippen molar-refractivity contribution >= 4 is 0 Å². The van der Waals surface area contributed by atoms with Crippen molar-refractivity contribution in [3.05, 3.63) is 18.2 Å². The Balaban J connectivity index is 1.98. The molecule has 1 aromatic carbocycles. The summed E-state index contributed by atoms with van der Waals surface area (Å²) < 4.78 is 15.6. The van der Waals surface area contributed by atoms with Crippen molar-refractivity contribution < 1.29 is 19.4 Å². The van der Waals surface area contributed by atoms with E-state index in [0.29, 0.717) is 24.7 Å². The number of nitrogens with one attached hydrogen (secondary N) is 1. The molecule has 0 spiro atoms. The predicted molar refractivity (Wildman–Crippen MR) is 47.8 cm³/mol. The highest BCUT2D eigenvalue weighted by Gasteiger charge is 2.13. The molecule has 2 N–H and O–H groups in total. The number of rotatable bonds is 4. The maximum Gasteiger partial charge on any atom is 0.231 e. The van der Waals surface area contributed by atoms with E-state index in [1.54, 1.807) is 18.2 Å². The Morgan fingerprint density at radius 1 is 1.36 bits per heavy atom. The van der Waals surface area contributed by atoms with Crippen LogP contribution in [0.15, 0.2) is 18.2 Å². The Morgan fingerprint density at radius 2 is 2.21 bits per heavy atom. The van der Waals surface area contributed by atoms with Crippen LogP contribution in [-0.2, 0) is 0 Å². The quantitative estimate of drug-likeness (QED) is 0.551. The van der Waals surface area contributed by atoms with Gasteiger partial charge in [0.15, 0.2) is 11.5 Å². The summed E-state index contributed by atoms with van der Waals surface area (Å²) in [4.78, 5) is 0. The van der Waals surface area contributed by atoms with E-state index in [4.69, 9.17) is 19.4 Å². The average Bonchev–Trinajstić information content (AvgIpc) is 2.65. The van der Waals surface area contributed by atoms with Crippen molar-refractivity contribution in [1.82, 2.24) is 5.48 Å². The first kappa shape index (κ1) is 9.11. The molecule has 0 aromatic heterocycles. The van der Waals surface area contributed by atoms with Gasteiger partial charge in [-0.3, -0.25) is 0 Å². The third-order valence-corrected chi connectivity index (χ3v) is 1.83. The van der Waals surface area contributed by atoms with Crippen molar-refractivity contribution in [3.63, 3.8) is 0 Å². The van der Waals surface area contributed by atoms with Crippen LogP contribution in [0.2, 0.25) is 0 Å². The van der Waals surface area contributed by atoms with Crippen molar-refractivity contribution in [2.45, 2.75) is 0 Å². The smallest absolute Gasteiger partial charge is 0.231 e. The SMILES string of the molecule is ONCCOc1ccc2c(c1)OCO2. The van der Waals surface area contributed by atoms with Crippen molar-refractivity contribution in [3.8, 4) is 17.2 Å². The van der Waals surface area contributed by atoms with Crippen LogP contribution in [0.25, 0.3) is 0 Å². The zero-order valence-electron chi connectivity index (χ0n) is 7.53. The van der Waals surface area contributed by atoms with Gasteiger partial charge in [0.25, 0.3) is 0 Å². The summed E-state index contributed by atoms with van der Waals surface area (Å²) in [5.41, 5.74) is 2.01. The number of fused-ring (bicyclic) bond motifs is 1. The molecule has 2 rings (SSSR count). The molecule has 0 amide bonds. The Kier molecular flexibility index (Phi) is 2.71. The van der Waals surface area contributed by atoms with Gasteiger partial charge < -0.3 is 19.4 Å². The van der Waals surface area contributed by atoms with Crippen molar-refractivity contribution in [1.29, 1.82) is 0 Å². The minimum absolute atomic E-state index is 0.261. The minimum atomic E-state index is 0.261. The van der Waals surface area contributed by atoms with E-state index in [9.17, 15) is 0 Å². The monoisotopic (exact) mass is 197 g/mol.